The van der Waals surface area contributed by atoms with Crippen molar-refractivity contribution in [3.63, 3.8) is 0 Å². The van der Waals surface area contributed by atoms with Gasteiger partial charge in [-0.15, -0.1) is 0 Å². The first-order valence-corrected chi connectivity index (χ1v) is 39.1. The Bertz CT molecular complexity index is 2720. The van der Waals surface area contributed by atoms with Crippen LogP contribution in [0.15, 0.2) is 78.6 Å². The molecule has 458 valence electrons. The number of halogens is 4. The highest BCUT2D eigenvalue weighted by atomic mass is 79.9. The van der Waals surface area contributed by atoms with Gasteiger partial charge in [0.05, 0.1) is 6.10 Å². The van der Waals surface area contributed by atoms with Gasteiger partial charge in [0.15, 0.2) is 0 Å². The molecule has 0 bridgehead atoms. The van der Waals surface area contributed by atoms with Crippen molar-refractivity contribution in [3.05, 3.63) is 112 Å². The van der Waals surface area contributed by atoms with Gasteiger partial charge < -0.3 is 10.00 Å². The van der Waals surface area contributed by atoms with E-state index >= 15 is 0 Å². The minimum Gasteiger partial charge on any atom is -0.588 e. The Hall–Kier alpha value is -1.29. The van der Waals surface area contributed by atoms with Gasteiger partial charge in [0, 0.05) is 23.3 Å². The molecule has 0 fully saturated rings. The van der Waals surface area contributed by atoms with Crippen LogP contribution in [0.4, 0.5) is 0 Å². The van der Waals surface area contributed by atoms with Crippen molar-refractivity contribution in [2.24, 2.45) is 0 Å². The van der Waals surface area contributed by atoms with E-state index in [4.69, 9.17) is 9.79 Å². The molecule has 0 amide bonds. The third-order valence-corrected chi connectivity index (χ3v) is 20.6. The van der Waals surface area contributed by atoms with Crippen molar-refractivity contribution in [1.29, 1.82) is 0 Å². The summed E-state index contributed by atoms with van der Waals surface area (Å²) in [5, 5.41) is 18.2. The molecule has 0 aromatic heterocycles. The van der Waals surface area contributed by atoms with Crippen molar-refractivity contribution in [3.8, 4) is 11.1 Å². The standard InChI is InChI=1S/C35H52Br2O.C35H50Br2.H2O5P2/c1-4-7-10-12-14-17-20-33(38)35(23-18-15-13-11-8-5-2)31-25-28(36)21-22-30(31)34-27(19-16-9-6-3)24-29(37)26-32(34)35;1-4-7-10-12-14-17-20-30-31(21-18-15-13-11-8-5-2)34-26-29(37)24-27(19-16-9-6-3)35(34)32-23-22-28(36)25-33(30)32;1-6(2)7(3,4)5/h21-22,24-26,33,38H,4-20,23H2,1-3H3;22-26H,4-21H2,1-3H3;(H2,3,4,5). The molecule has 82 heavy (non-hydrogen) atoms. The smallest absolute Gasteiger partial charge is 0.561 e. The predicted molar refractivity (Wildman–Crippen MR) is 367 cm³/mol. The van der Waals surface area contributed by atoms with Crippen LogP contribution in [0.1, 0.15) is 280 Å². The molecule has 3 N–H and O–H groups in total. The Labute approximate surface area is 532 Å². The predicted octanol–water partition coefficient (Wildman–Crippen LogP) is 24.3. The van der Waals surface area contributed by atoms with Crippen LogP contribution in [0.2, 0.25) is 0 Å². The fourth-order valence-electron chi connectivity index (χ4n) is 12.7. The lowest BCUT2D eigenvalue weighted by Crippen LogP contribution is -2.39. The molecule has 1 aliphatic rings. The normalized spacial score (nSPS) is 14.3. The van der Waals surface area contributed by atoms with Gasteiger partial charge in [-0.3, -0.25) is 9.79 Å². The molecule has 1 aliphatic carbocycles. The van der Waals surface area contributed by atoms with Crippen molar-refractivity contribution in [1.82, 2.24) is 0 Å². The zero-order valence-corrected chi connectivity index (χ0v) is 59.4. The van der Waals surface area contributed by atoms with Gasteiger partial charge in [-0.1, -0.05) is 289 Å². The number of aliphatic hydroxyl groups excluding tert-OH is 1. The van der Waals surface area contributed by atoms with Crippen LogP contribution in [0.5, 0.6) is 0 Å². The Morgan fingerprint density at radius 2 is 0.854 bits per heavy atom. The maximum atomic E-state index is 12.2. The van der Waals surface area contributed by atoms with E-state index < -0.39 is 15.0 Å². The van der Waals surface area contributed by atoms with E-state index in [1.807, 2.05) is 0 Å². The van der Waals surface area contributed by atoms with E-state index in [2.05, 4.69) is 166 Å². The molecule has 0 aliphatic heterocycles. The second kappa shape index (κ2) is 40.3. The van der Waals surface area contributed by atoms with Crippen LogP contribution in [-0.2, 0) is 40.2 Å². The summed E-state index contributed by atoms with van der Waals surface area (Å²) >= 11 is 15.4. The molecule has 0 saturated heterocycles. The zero-order valence-electron chi connectivity index (χ0n) is 51.3. The first-order chi connectivity index (χ1) is 39.5. The Morgan fingerprint density at radius 3 is 1.39 bits per heavy atom. The Kier molecular flexibility index (Phi) is 36.0. The highest BCUT2D eigenvalue weighted by Crippen LogP contribution is 2.57. The van der Waals surface area contributed by atoms with Gasteiger partial charge >= 0.3 is 15.0 Å². The van der Waals surface area contributed by atoms with Crippen LogP contribution in [0.3, 0.4) is 0 Å². The molecule has 3 atom stereocenters. The number of hydrogen-bond donors (Lipinski definition) is 3. The summed E-state index contributed by atoms with van der Waals surface area (Å²) in [5.41, 5.74) is 11.4. The average Bonchev–Trinajstić information content (AvgIpc) is 3.15. The molecule has 0 spiro atoms. The third kappa shape index (κ3) is 23.0. The van der Waals surface area contributed by atoms with Gasteiger partial charge in [0.2, 0.25) is 0 Å². The Balaban J connectivity index is 0.000000315. The lowest BCUT2D eigenvalue weighted by Gasteiger charge is -2.38. The fraction of sp³-hybridized carbons (Fsp3) is 0.629. The van der Waals surface area contributed by atoms with Crippen molar-refractivity contribution >= 4 is 100 Å². The summed E-state index contributed by atoms with van der Waals surface area (Å²) in [7, 11) is -8.36. The molecule has 6 rings (SSSR count). The minimum absolute atomic E-state index is 0.327. The number of unbranched alkanes of at least 4 members (excludes halogenated alkanes) is 24. The van der Waals surface area contributed by atoms with Crippen LogP contribution < -0.4 is 4.89 Å². The van der Waals surface area contributed by atoms with E-state index in [-0.39, 0.29) is 11.5 Å². The summed E-state index contributed by atoms with van der Waals surface area (Å²) in [6.07, 6.45) is 45.2. The highest BCUT2D eigenvalue weighted by molar-refractivity contribution is 9.11. The summed E-state index contributed by atoms with van der Waals surface area (Å²) in [4.78, 5) is 24.5. The molecule has 5 aromatic rings. The van der Waals surface area contributed by atoms with Gasteiger partial charge in [-0.2, -0.15) is 0 Å². The number of aliphatic hydroxyl groups is 1. The molecule has 0 heterocycles. The quantitative estimate of drug-likeness (QED) is 0.0206. The SMILES string of the molecule is CCCCCCCCC(O)C1(CCCCCCCC)c2cc(Br)ccc2-c2c(CCCCC)cc(Br)cc21.CCCCCCCCc1c(CCCCCCCC)c2cc(Br)cc(CCCCC)c2c2ccc(Br)cc12.O=[P+]([O-])P(=O)(O)O. The third-order valence-electron chi connectivity index (χ3n) is 17.0. The zero-order chi connectivity index (χ0) is 59.9. The summed E-state index contributed by atoms with van der Waals surface area (Å²) in [6, 6.07) is 23.5. The van der Waals surface area contributed by atoms with E-state index in [0.29, 0.717) is 0 Å². The molecular weight excluding hydrogens is 1320 g/mol. The molecule has 12 heteroatoms. The molecular formula is C70H104Br4O6P2. The average molecular weight is 1420 g/mol. The van der Waals surface area contributed by atoms with E-state index in [9.17, 15) is 19.1 Å². The highest BCUT2D eigenvalue weighted by Gasteiger charge is 2.48. The monoisotopic (exact) mass is 1420 g/mol. The maximum Gasteiger partial charge on any atom is 0.561 e. The van der Waals surface area contributed by atoms with Crippen molar-refractivity contribution < 1.29 is 28.9 Å². The first-order valence-electron chi connectivity index (χ1n) is 32.4. The first kappa shape index (κ1) is 73.2. The lowest BCUT2D eigenvalue weighted by molar-refractivity contribution is -0.160. The number of benzene rings is 5. The number of fused-ring (bicyclic) bond motifs is 6. The van der Waals surface area contributed by atoms with E-state index in [1.54, 1.807) is 11.1 Å². The second-order valence-electron chi connectivity index (χ2n) is 23.6. The van der Waals surface area contributed by atoms with E-state index in [1.165, 1.54) is 269 Å². The van der Waals surface area contributed by atoms with Gasteiger partial charge in [0.1, 0.15) is 0 Å². The molecule has 3 unspecified atom stereocenters. The lowest BCUT2D eigenvalue weighted by atomic mass is 9.68. The van der Waals surface area contributed by atoms with Crippen LogP contribution >= 0.6 is 78.7 Å². The number of rotatable bonds is 38. The molecule has 5 aromatic carbocycles. The van der Waals surface area contributed by atoms with E-state index in [0.717, 1.165) is 34.6 Å². The molecule has 0 radical (unpaired) electrons. The largest absolute Gasteiger partial charge is 0.588 e. The van der Waals surface area contributed by atoms with Crippen molar-refractivity contribution in [2.45, 2.75) is 284 Å². The molecule has 6 nitrogen and oxygen atoms in total. The maximum absolute atomic E-state index is 12.2. The fourth-order valence-corrected chi connectivity index (χ4v) is 14.4. The number of hydrogen-bond acceptors (Lipinski definition) is 4. The summed E-state index contributed by atoms with van der Waals surface area (Å²) in [5.74, 6) is 0. The van der Waals surface area contributed by atoms with Crippen molar-refractivity contribution in [2.75, 3.05) is 0 Å². The van der Waals surface area contributed by atoms with Gasteiger partial charge in [-0.25, -0.2) is 4.57 Å². The van der Waals surface area contributed by atoms with Crippen LogP contribution in [-0.4, -0.2) is 21.0 Å². The summed E-state index contributed by atoms with van der Waals surface area (Å²) < 4.78 is 23.5. The van der Waals surface area contributed by atoms with Gasteiger partial charge in [0.25, 0.3) is 0 Å². The van der Waals surface area contributed by atoms with Gasteiger partial charge in [-0.05, 0) is 179 Å². The Morgan fingerprint density at radius 1 is 0.463 bits per heavy atom. The minimum atomic E-state index is -4.78. The number of aryl methyl sites for hydroxylation is 4. The second-order valence-corrected chi connectivity index (χ2v) is 31.3. The van der Waals surface area contributed by atoms with Crippen LogP contribution in [0.25, 0.3) is 32.7 Å². The topological polar surface area (TPSA) is 118 Å². The van der Waals surface area contributed by atoms with Crippen LogP contribution in [0, 0.1) is 0 Å². The summed E-state index contributed by atoms with van der Waals surface area (Å²) in [6.45, 7) is 13.8. The molecule has 0 saturated carbocycles.